The van der Waals surface area contributed by atoms with Crippen LogP contribution in [-0.4, -0.2) is 63.2 Å². The third-order valence-corrected chi connectivity index (χ3v) is 4.87. The van der Waals surface area contributed by atoms with E-state index in [0.717, 1.165) is 44.7 Å². The summed E-state index contributed by atoms with van der Waals surface area (Å²) in [6.45, 7) is 2.93. The molecule has 0 radical (unpaired) electrons. The molecule has 0 aliphatic carbocycles. The molecule has 0 aromatic heterocycles. The minimum atomic E-state index is 0.174. The van der Waals surface area contributed by atoms with Crippen LogP contribution >= 0.6 is 0 Å². The number of ether oxygens (including phenoxy) is 2. The van der Waals surface area contributed by atoms with Gasteiger partial charge in [-0.05, 0) is 44.0 Å². The number of rotatable bonds is 8. The molecule has 0 bridgehead atoms. The molecule has 5 heteroatoms. The van der Waals surface area contributed by atoms with Gasteiger partial charge in [-0.3, -0.25) is 9.69 Å². The number of nitrogens with zero attached hydrogens (tertiary/aromatic N) is 2. The molecule has 2 rings (SSSR count). The van der Waals surface area contributed by atoms with Gasteiger partial charge in [-0.2, -0.15) is 0 Å². The maximum atomic E-state index is 12.9. The average molecular weight is 348 g/mol. The number of amides is 1. The Morgan fingerprint density at radius 2 is 1.96 bits per heavy atom. The fraction of sp³-hybridized carbons (Fsp3) is 0.650. The van der Waals surface area contributed by atoms with Crippen molar-refractivity contribution in [1.82, 2.24) is 9.80 Å². The highest BCUT2D eigenvalue weighted by molar-refractivity contribution is 5.78. The minimum absolute atomic E-state index is 0.174. The molecule has 0 spiro atoms. The molecule has 1 fully saturated rings. The molecular formula is C20H32N2O3. The van der Waals surface area contributed by atoms with E-state index in [1.54, 1.807) is 14.2 Å². The topological polar surface area (TPSA) is 42.0 Å². The average Bonchev–Trinajstić information content (AvgIpc) is 2.88. The molecule has 1 aliphatic heterocycles. The van der Waals surface area contributed by atoms with Gasteiger partial charge in [0.1, 0.15) is 5.75 Å². The molecular weight excluding hydrogens is 316 g/mol. The quantitative estimate of drug-likeness (QED) is 0.677. The standard InChI is InChI=1S/C20H32N2O3/c1-21(13-7-15-24-2)16-20(23)22-14-6-4-5-8-19(22)17-9-11-18(25-3)12-10-17/h9-12,19H,4-8,13-16H2,1-3H3. The Hall–Kier alpha value is -1.59. The summed E-state index contributed by atoms with van der Waals surface area (Å²) in [4.78, 5) is 17.1. The fourth-order valence-corrected chi connectivity index (χ4v) is 3.46. The number of likely N-dealkylation sites (N-methyl/N-ethyl adjacent to an activating group) is 1. The van der Waals surface area contributed by atoms with Gasteiger partial charge < -0.3 is 14.4 Å². The Morgan fingerprint density at radius 3 is 2.64 bits per heavy atom. The maximum Gasteiger partial charge on any atom is 0.237 e. The largest absolute Gasteiger partial charge is 0.497 e. The molecule has 1 aliphatic rings. The lowest BCUT2D eigenvalue weighted by molar-refractivity contribution is -0.134. The highest BCUT2D eigenvalue weighted by Gasteiger charge is 2.27. The molecule has 1 amide bonds. The fourth-order valence-electron chi connectivity index (χ4n) is 3.46. The molecule has 25 heavy (non-hydrogen) atoms. The van der Waals surface area contributed by atoms with Crippen molar-refractivity contribution in [2.24, 2.45) is 0 Å². The van der Waals surface area contributed by atoms with Crippen molar-refractivity contribution in [1.29, 1.82) is 0 Å². The minimum Gasteiger partial charge on any atom is -0.497 e. The molecule has 1 heterocycles. The smallest absolute Gasteiger partial charge is 0.237 e. The van der Waals surface area contributed by atoms with Crippen molar-refractivity contribution in [2.45, 2.75) is 38.1 Å². The summed E-state index contributed by atoms with van der Waals surface area (Å²) in [6, 6.07) is 8.34. The Labute approximate surface area is 151 Å². The zero-order valence-electron chi connectivity index (χ0n) is 15.9. The van der Waals surface area contributed by atoms with Crippen LogP contribution in [-0.2, 0) is 9.53 Å². The van der Waals surface area contributed by atoms with Crippen LogP contribution in [0.1, 0.15) is 43.7 Å². The van der Waals surface area contributed by atoms with E-state index in [4.69, 9.17) is 9.47 Å². The third-order valence-electron chi connectivity index (χ3n) is 4.87. The van der Waals surface area contributed by atoms with Crippen LogP contribution in [0.15, 0.2) is 24.3 Å². The van der Waals surface area contributed by atoms with E-state index in [1.165, 1.54) is 18.4 Å². The molecule has 5 nitrogen and oxygen atoms in total. The summed E-state index contributed by atoms with van der Waals surface area (Å²) in [5, 5.41) is 0. The predicted molar refractivity (Wildman–Crippen MR) is 99.9 cm³/mol. The number of methoxy groups -OCH3 is 2. The summed E-state index contributed by atoms with van der Waals surface area (Å²) in [5.74, 6) is 1.08. The first kappa shape index (κ1) is 19.7. The Morgan fingerprint density at radius 1 is 1.20 bits per heavy atom. The second kappa shape index (κ2) is 10.4. The van der Waals surface area contributed by atoms with Gasteiger partial charge in [-0.1, -0.05) is 25.0 Å². The molecule has 1 saturated heterocycles. The molecule has 1 unspecified atom stereocenters. The van der Waals surface area contributed by atoms with Gasteiger partial charge in [-0.15, -0.1) is 0 Å². The van der Waals surface area contributed by atoms with Gasteiger partial charge in [-0.25, -0.2) is 0 Å². The van der Waals surface area contributed by atoms with E-state index in [9.17, 15) is 4.79 Å². The number of hydrogen-bond acceptors (Lipinski definition) is 4. The van der Waals surface area contributed by atoms with Gasteiger partial charge in [0.2, 0.25) is 5.91 Å². The first-order valence-corrected chi connectivity index (χ1v) is 9.26. The monoisotopic (exact) mass is 348 g/mol. The number of carbonyl (C=O) groups excluding carboxylic acids is 1. The van der Waals surface area contributed by atoms with Crippen molar-refractivity contribution in [3.05, 3.63) is 29.8 Å². The number of likely N-dealkylation sites (tertiary alicyclic amines) is 1. The highest BCUT2D eigenvalue weighted by Crippen LogP contribution is 2.31. The van der Waals surface area contributed by atoms with E-state index in [2.05, 4.69) is 21.9 Å². The second-order valence-electron chi connectivity index (χ2n) is 6.81. The summed E-state index contributed by atoms with van der Waals surface area (Å²) >= 11 is 0. The lowest BCUT2D eigenvalue weighted by Gasteiger charge is -2.32. The molecule has 1 aromatic carbocycles. The van der Waals surface area contributed by atoms with Gasteiger partial charge in [0, 0.05) is 26.8 Å². The van der Waals surface area contributed by atoms with Gasteiger partial charge in [0.25, 0.3) is 0 Å². The number of benzene rings is 1. The third kappa shape index (κ3) is 6.01. The van der Waals surface area contributed by atoms with E-state index in [1.807, 2.05) is 19.2 Å². The van der Waals surface area contributed by atoms with Gasteiger partial charge in [0.15, 0.2) is 0 Å². The van der Waals surface area contributed by atoms with Crippen LogP contribution in [0.3, 0.4) is 0 Å². The lowest BCUT2D eigenvalue weighted by atomic mass is 10.0. The van der Waals surface area contributed by atoms with Crippen molar-refractivity contribution < 1.29 is 14.3 Å². The van der Waals surface area contributed by atoms with E-state index in [0.29, 0.717) is 6.54 Å². The Kier molecular flexibility index (Phi) is 8.22. The summed E-state index contributed by atoms with van der Waals surface area (Å²) in [7, 11) is 5.39. The normalized spacial score (nSPS) is 18.2. The van der Waals surface area contributed by atoms with Crippen LogP contribution in [0.2, 0.25) is 0 Å². The van der Waals surface area contributed by atoms with Crippen molar-refractivity contribution in [3.63, 3.8) is 0 Å². The van der Waals surface area contributed by atoms with E-state index in [-0.39, 0.29) is 11.9 Å². The predicted octanol–water partition coefficient (Wildman–Crippen LogP) is 3.11. The molecule has 1 atom stereocenters. The molecule has 1 aromatic rings. The SMILES string of the molecule is COCCCN(C)CC(=O)N1CCCCCC1c1ccc(OC)cc1. The second-order valence-corrected chi connectivity index (χ2v) is 6.81. The maximum absolute atomic E-state index is 12.9. The van der Waals surface area contributed by atoms with Crippen molar-refractivity contribution in [2.75, 3.05) is 47.5 Å². The number of carbonyl (C=O) groups is 1. The zero-order valence-corrected chi connectivity index (χ0v) is 15.9. The first-order chi connectivity index (χ1) is 12.2. The number of hydrogen-bond donors (Lipinski definition) is 0. The van der Waals surface area contributed by atoms with E-state index >= 15 is 0 Å². The van der Waals surface area contributed by atoms with Crippen LogP contribution in [0, 0.1) is 0 Å². The molecule has 0 saturated carbocycles. The summed E-state index contributed by atoms with van der Waals surface area (Å²) < 4.78 is 10.3. The Balaban J connectivity index is 2.03. The highest BCUT2D eigenvalue weighted by atomic mass is 16.5. The van der Waals surface area contributed by atoms with Crippen molar-refractivity contribution >= 4 is 5.91 Å². The van der Waals surface area contributed by atoms with Crippen LogP contribution in [0.5, 0.6) is 5.75 Å². The lowest BCUT2D eigenvalue weighted by Crippen LogP contribution is -2.41. The van der Waals surface area contributed by atoms with Gasteiger partial charge in [0.05, 0.1) is 19.7 Å². The molecule has 140 valence electrons. The first-order valence-electron chi connectivity index (χ1n) is 9.26. The van der Waals surface area contributed by atoms with Crippen LogP contribution in [0.4, 0.5) is 0 Å². The van der Waals surface area contributed by atoms with Gasteiger partial charge >= 0.3 is 0 Å². The molecule has 0 N–H and O–H groups in total. The Bertz CT molecular complexity index is 518. The zero-order chi connectivity index (χ0) is 18.1. The van der Waals surface area contributed by atoms with Crippen LogP contribution < -0.4 is 4.74 Å². The van der Waals surface area contributed by atoms with Crippen molar-refractivity contribution in [3.8, 4) is 5.75 Å². The van der Waals surface area contributed by atoms with Crippen LogP contribution in [0.25, 0.3) is 0 Å². The van der Waals surface area contributed by atoms with E-state index < -0.39 is 0 Å². The summed E-state index contributed by atoms with van der Waals surface area (Å²) in [6.07, 6.45) is 5.43. The summed E-state index contributed by atoms with van der Waals surface area (Å²) in [5.41, 5.74) is 1.21.